The number of rotatable bonds is 20. The third-order valence-corrected chi connectivity index (χ3v) is 28.4. The Kier molecular flexibility index (Phi) is 16.9. The van der Waals surface area contributed by atoms with Crippen molar-refractivity contribution in [2.75, 3.05) is 13.2 Å². The Labute approximate surface area is 294 Å². The molecule has 2 aromatic heterocycles. The molecule has 0 amide bonds. The van der Waals surface area contributed by atoms with Gasteiger partial charge in [-0.15, -0.1) is 0 Å². The first-order valence-electron chi connectivity index (χ1n) is 18.7. The van der Waals surface area contributed by atoms with Gasteiger partial charge in [-0.1, -0.05) is 37.8 Å². The molecule has 0 saturated heterocycles. The summed E-state index contributed by atoms with van der Waals surface area (Å²) in [5.41, 5.74) is 2.64. The van der Waals surface area contributed by atoms with Crippen molar-refractivity contribution in [2.45, 2.75) is 137 Å². The number of fused-ring (bicyclic) bond motifs is 2. The van der Waals surface area contributed by atoms with Crippen LogP contribution in [0.2, 0.25) is 64.7 Å². The SMILES string of the molecule is CCC[CH2][Sn]([CH2]CCC)([CH2]CCC)[c]1cc2ccccc2n1COCC[Si](C)(C)C.C[Si](C)(C)CCOCn1ccc2ccccc21. The number of nitrogens with zero attached hydrogens (tertiary/aromatic N) is 2. The Bertz CT molecular complexity index is 1430. The van der Waals surface area contributed by atoms with Crippen molar-refractivity contribution in [1.29, 1.82) is 0 Å². The molecule has 4 rings (SSSR count). The third kappa shape index (κ3) is 13.1. The maximum atomic E-state index is 6.34. The molecular weight excluding hydrogens is 715 g/mol. The quantitative estimate of drug-likeness (QED) is 0.0660. The average Bonchev–Trinajstić information content (AvgIpc) is 3.62. The van der Waals surface area contributed by atoms with Gasteiger partial charge >= 0.3 is 192 Å². The topological polar surface area (TPSA) is 28.3 Å². The van der Waals surface area contributed by atoms with E-state index in [1.807, 2.05) is 0 Å². The van der Waals surface area contributed by atoms with Gasteiger partial charge in [0.1, 0.15) is 6.73 Å². The van der Waals surface area contributed by atoms with E-state index < -0.39 is 34.5 Å². The molecule has 2 aromatic carbocycles. The number of para-hydroxylation sites is 2. The van der Waals surface area contributed by atoms with E-state index >= 15 is 0 Å². The van der Waals surface area contributed by atoms with Gasteiger partial charge in [0.15, 0.2) is 0 Å². The monoisotopic (exact) mass is 784 g/mol. The Morgan fingerprint density at radius 2 is 1.09 bits per heavy atom. The zero-order chi connectivity index (χ0) is 34.3. The molecule has 0 saturated carbocycles. The number of hydrogen-bond acceptors (Lipinski definition) is 2. The Morgan fingerprint density at radius 1 is 0.596 bits per heavy atom. The van der Waals surface area contributed by atoms with Crippen molar-refractivity contribution < 1.29 is 9.47 Å². The van der Waals surface area contributed by atoms with Crippen LogP contribution in [0.25, 0.3) is 21.8 Å². The van der Waals surface area contributed by atoms with Crippen molar-refractivity contribution >= 4 is 60.0 Å². The van der Waals surface area contributed by atoms with Gasteiger partial charge in [0.05, 0.1) is 0 Å². The second-order valence-electron chi connectivity index (χ2n) is 16.1. The molecule has 0 atom stereocenters. The van der Waals surface area contributed by atoms with E-state index in [0.717, 1.165) is 19.9 Å². The minimum atomic E-state index is -2.51. The summed E-state index contributed by atoms with van der Waals surface area (Å²) in [6, 6.07) is 24.6. The fraction of sp³-hybridized carbons (Fsp3) is 0.600. The van der Waals surface area contributed by atoms with E-state index in [2.05, 4.69) is 136 Å². The summed E-state index contributed by atoms with van der Waals surface area (Å²) < 4.78 is 23.2. The van der Waals surface area contributed by atoms with E-state index in [-0.39, 0.29) is 0 Å². The van der Waals surface area contributed by atoms with Gasteiger partial charge in [0, 0.05) is 26.4 Å². The molecular formula is C40H68N2O2Si2Sn. The molecule has 0 aliphatic heterocycles. The van der Waals surface area contributed by atoms with E-state index in [4.69, 9.17) is 9.47 Å². The van der Waals surface area contributed by atoms with Gasteiger partial charge in [-0.25, -0.2) is 0 Å². The zero-order valence-electron chi connectivity index (χ0n) is 31.7. The fourth-order valence-electron chi connectivity index (χ4n) is 6.42. The molecule has 0 radical (unpaired) electrons. The molecule has 4 nitrogen and oxygen atoms in total. The minimum absolute atomic E-state index is 0.665. The number of unbranched alkanes of at least 4 members (excludes halogenated alkanes) is 3. The molecule has 0 N–H and O–H groups in total. The van der Waals surface area contributed by atoms with Crippen LogP contribution in [0, 0.1) is 0 Å². The largest absolute Gasteiger partial charge is 0.361 e. The maximum Gasteiger partial charge on any atom is 0.122 e. The summed E-state index contributed by atoms with van der Waals surface area (Å²) in [5.74, 6) is 0. The predicted octanol–water partition coefficient (Wildman–Crippen LogP) is 12.0. The Hall–Kier alpha value is -1.33. The smallest absolute Gasteiger partial charge is 0.122 e. The van der Waals surface area contributed by atoms with Gasteiger partial charge in [0.2, 0.25) is 0 Å². The van der Waals surface area contributed by atoms with Gasteiger partial charge in [0.25, 0.3) is 0 Å². The summed E-state index contributed by atoms with van der Waals surface area (Å²) in [4.78, 5) is 0. The van der Waals surface area contributed by atoms with Crippen LogP contribution in [0.5, 0.6) is 0 Å². The number of hydrogen-bond donors (Lipinski definition) is 0. The molecule has 7 heteroatoms. The van der Waals surface area contributed by atoms with Crippen LogP contribution in [0.4, 0.5) is 0 Å². The third-order valence-electron chi connectivity index (χ3n) is 9.50. The van der Waals surface area contributed by atoms with E-state index in [0.29, 0.717) is 6.73 Å². The summed E-state index contributed by atoms with van der Waals surface area (Å²) in [6.07, 6.45) is 10.3. The molecule has 0 spiro atoms. The van der Waals surface area contributed by atoms with Gasteiger partial charge in [-0.05, 0) is 23.6 Å². The van der Waals surface area contributed by atoms with Crippen LogP contribution >= 0.6 is 0 Å². The molecule has 0 fully saturated rings. The number of ether oxygens (including phenoxy) is 2. The van der Waals surface area contributed by atoms with Crippen LogP contribution in [0.15, 0.2) is 66.9 Å². The first-order valence-corrected chi connectivity index (χ1v) is 33.6. The van der Waals surface area contributed by atoms with Crippen LogP contribution < -0.4 is 3.71 Å². The summed E-state index contributed by atoms with van der Waals surface area (Å²) >= 11 is -2.51. The van der Waals surface area contributed by atoms with Gasteiger partial charge in [-0.2, -0.15) is 0 Å². The van der Waals surface area contributed by atoms with Crippen molar-refractivity contribution in [3.8, 4) is 0 Å². The minimum Gasteiger partial charge on any atom is -0.361 e. The first-order chi connectivity index (χ1) is 22.4. The Morgan fingerprint density at radius 3 is 1.62 bits per heavy atom. The van der Waals surface area contributed by atoms with Crippen molar-refractivity contribution in [3.05, 3.63) is 66.9 Å². The summed E-state index contributed by atoms with van der Waals surface area (Å²) in [6.45, 7) is 24.7. The molecule has 0 aliphatic rings. The van der Waals surface area contributed by atoms with Crippen molar-refractivity contribution in [1.82, 2.24) is 9.13 Å². The van der Waals surface area contributed by atoms with Crippen LogP contribution in [0.1, 0.15) is 59.3 Å². The molecule has 4 aromatic rings. The fourth-order valence-corrected chi connectivity index (χ4v) is 24.6. The van der Waals surface area contributed by atoms with E-state index in [9.17, 15) is 0 Å². The maximum absolute atomic E-state index is 6.34. The number of aromatic nitrogens is 2. The molecule has 0 unspecified atom stereocenters. The summed E-state index contributed by atoms with van der Waals surface area (Å²) in [5, 5.41) is 2.70. The zero-order valence-corrected chi connectivity index (χ0v) is 36.5. The molecule has 2 heterocycles. The molecule has 0 bridgehead atoms. The van der Waals surface area contributed by atoms with Crippen LogP contribution in [-0.2, 0) is 22.9 Å². The van der Waals surface area contributed by atoms with Gasteiger partial charge < -0.3 is 9.30 Å². The van der Waals surface area contributed by atoms with E-state index in [1.54, 1.807) is 3.71 Å². The normalized spacial score (nSPS) is 12.5. The molecule has 0 aliphatic carbocycles. The van der Waals surface area contributed by atoms with Crippen LogP contribution in [-0.4, -0.2) is 56.9 Å². The van der Waals surface area contributed by atoms with Crippen LogP contribution in [0.3, 0.4) is 0 Å². The Balaban J connectivity index is 0.000000297. The number of benzene rings is 2. The molecule has 47 heavy (non-hydrogen) atoms. The predicted molar refractivity (Wildman–Crippen MR) is 217 cm³/mol. The second kappa shape index (κ2) is 19.8. The van der Waals surface area contributed by atoms with Crippen molar-refractivity contribution in [3.63, 3.8) is 0 Å². The second-order valence-corrected chi connectivity index (χ2v) is 40.4. The summed E-state index contributed by atoms with van der Waals surface area (Å²) in [7, 11) is -2.02. The average molecular weight is 784 g/mol. The first kappa shape index (κ1) is 40.1. The molecule has 262 valence electrons. The standard InChI is InChI=1S/C14H21NOSi.C14H20NOSi.3C4H9.Sn/c2*1-17(2,3)11-10-16-12-15-9-8-13-6-4-5-7-14(13)15;3*1-3-4-2;/h4-9H,10-12H2,1-3H3;4-8H,10-12H2,1-3H3;3*1,3-4H2,2H3;. The van der Waals surface area contributed by atoms with E-state index in [1.165, 1.54) is 85.7 Å². The van der Waals surface area contributed by atoms with Crippen molar-refractivity contribution in [2.24, 2.45) is 0 Å². The van der Waals surface area contributed by atoms with Gasteiger partial charge in [-0.3, -0.25) is 0 Å².